The average Bonchev–Trinajstić information content (AvgIpc) is 2.75. The van der Waals surface area contributed by atoms with Crippen LogP contribution in [0.1, 0.15) is 41.0 Å². The highest BCUT2D eigenvalue weighted by Crippen LogP contribution is 2.37. The van der Waals surface area contributed by atoms with Crippen LogP contribution in [0.3, 0.4) is 0 Å². The lowest BCUT2D eigenvalue weighted by Gasteiger charge is -2.44. The van der Waals surface area contributed by atoms with Crippen molar-refractivity contribution in [1.82, 2.24) is 0 Å². The number of hydrogen-bond acceptors (Lipinski definition) is 4. The van der Waals surface area contributed by atoms with E-state index in [0.29, 0.717) is 13.0 Å². The molecule has 31 heavy (non-hydrogen) atoms. The van der Waals surface area contributed by atoms with E-state index in [1.165, 1.54) is 10.4 Å². The fourth-order valence-corrected chi connectivity index (χ4v) is 8.94. The lowest BCUT2D eigenvalue weighted by molar-refractivity contribution is -0.377. The van der Waals surface area contributed by atoms with Gasteiger partial charge < -0.3 is 9.53 Å². The second-order valence-corrected chi connectivity index (χ2v) is 14.0. The van der Waals surface area contributed by atoms with Gasteiger partial charge in [0.2, 0.25) is 0 Å². The summed E-state index contributed by atoms with van der Waals surface area (Å²) < 4.78 is 7.01. The summed E-state index contributed by atoms with van der Waals surface area (Å²) in [6.07, 6.45) is 4.35. The number of aliphatic hydroxyl groups excluding tert-OH is 1. The maximum atomic E-state index is 9.24. The molecular formula is C26H36O4Si. The van der Waals surface area contributed by atoms with Gasteiger partial charge in [0.05, 0.1) is 0 Å². The van der Waals surface area contributed by atoms with Gasteiger partial charge in [-0.1, -0.05) is 101 Å². The van der Waals surface area contributed by atoms with Crippen LogP contribution in [0.25, 0.3) is 0 Å². The van der Waals surface area contributed by atoms with Crippen molar-refractivity contribution in [2.45, 2.75) is 57.8 Å². The molecule has 3 rings (SSSR count). The summed E-state index contributed by atoms with van der Waals surface area (Å²) in [5.41, 5.74) is -0.580. The van der Waals surface area contributed by atoms with Crippen molar-refractivity contribution in [2.24, 2.45) is 5.92 Å². The van der Waals surface area contributed by atoms with Crippen LogP contribution in [0.5, 0.6) is 0 Å². The molecule has 168 valence electrons. The van der Waals surface area contributed by atoms with E-state index in [-0.39, 0.29) is 23.7 Å². The van der Waals surface area contributed by atoms with E-state index in [9.17, 15) is 5.11 Å². The van der Waals surface area contributed by atoms with Crippen molar-refractivity contribution < 1.29 is 19.3 Å². The average molecular weight is 441 g/mol. The number of hydrogen-bond donors (Lipinski definition) is 1. The Hall–Kier alpha value is -1.76. The monoisotopic (exact) mass is 440 g/mol. The molecule has 0 fully saturated rings. The summed E-state index contributed by atoms with van der Waals surface area (Å²) in [5.74, 6) is 0.108. The van der Waals surface area contributed by atoms with Gasteiger partial charge in [-0.2, -0.15) is 0 Å². The molecular weight excluding hydrogens is 404 g/mol. The highest BCUT2D eigenvalue weighted by atomic mass is 28.4. The molecule has 0 spiro atoms. The first-order chi connectivity index (χ1) is 14.7. The van der Waals surface area contributed by atoms with Crippen molar-refractivity contribution >= 4 is 18.7 Å². The maximum Gasteiger partial charge on any atom is 0.261 e. The van der Waals surface area contributed by atoms with E-state index in [1.807, 2.05) is 19.1 Å². The summed E-state index contributed by atoms with van der Waals surface area (Å²) >= 11 is 0. The highest BCUT2D eigenvalue weighted by molar-refractivity contribution is 6.99. The first-order valence-corrected chi connectivity index (χ1v) is 13.0. The Morgan fingerprint density at radius 1 is 1.03 bits per heavy atom. The standard InChI is InChI=1S/C26H36O4Si/c1-21(24-16-17-26(5,18-19-27)30-29-24)20-28-31(25(2,3)4,22-12-8-6-9-13-22)23-14-10-7-11-15-23/h6-17,21,24,27H,18-20H2,1-5H3/t21-,24?,26?/m1/s1. The zero-order chi connectivity index (χ0) is 22.5. The molecule has 0 saturated heterocycles. The SMILES string of the molecule is C[C@H](CO[Si](c1ccccc1)(c1ccccc1)C(C)(C)C)C1C=CC(C)(CCO)OO1. The molecule has 0 saturated carbocycles. The Bertz CT molecular complexity index is 807. The van der Waals surface area contributed by atoms with Crippen LogP contribution in [0, 0.1) is 5.92 Å². The molecule has 1 aliphatic heterocycles. The van der Waals surface area contributed by atoms with Crippen LogP contribution in [-0.4, -0.2) is 38.3 Å². The predicted molar refractivity (Wildman–Crippen MR) is 128 cm³/mol. The molecule has 0 aromatic heterocycles. The second-order valence-electron chi connectivity index (χ2n) is 9.74. The van der Waals surface area contributed by atoms with Gasteiger partial charge >= 0.3 is 0 Å². The molecule has 0 aliphatic carbocycles. The first-order valence-electron chi connectivity index (χ1n) is 11.1. The minimum Gasteiger partial charge on any atom is -0.407 e. The van der Waals surface area contributed by atoms with Gasteiger partial charge in [0.25, 0.3) is 8.32 Å². The van der Waals surface area contributed by atoms with Crippen LogP contribution < -0.4 is 10.4 Å². The fourth-order valence-electron chi connectivity index (χ4n) is 4.27. The van der Waals surface area contributed by atoms with Crippen molar-refractivity contribution in [3.8, 4) is 0 Å². The Kier molecular flexibility index (Phi) is 7.55. The van der Waals surface area contributed by atoms with Crippen molar-refractivity contribution in [3.63, 3.8) is 0 Å². The van der Waals surface area contributed by atoms with Crippen LogP contribution in [0.15, 0.2) is 72.8 Å². The fraction of sp³-hybridized carbons (Fsp3) is 0.462. The molecule has 3 atom stereocenters. The summed E-state index contributed by atoms with van der Waals surface area (Å²) in [5, 5.41) is 11.7. The second kappa shape index (κ2) is 9.80. The van der Waals surface area contributed by atoms with Crippen LogP contribution in [0.4, 0.5) is 0 Å². The Morgan fingerprint density at radius 2 is 1.58 bits per heavy atom. The van der Waals surface area contributed by atoms with E-state index in [0.717, 1.165) is 0 Å². The van der Waals surface area contributed by atoms with Crippen LogP contribution in [-0.2, 0) is 14.2 Å². The minimum atomic E-state index is -2.57. The molecule has 1 aliphatic rings. The first kappa shape index (κ1) is 23.9. The number of aliphatic hydroxyl groups is 1. The van der Waals surface area contributed by atoms with Gasteiger partial charge in [0.1, 0.15) is 11.7 Å². The molecule has 2 aromatic carbocycles. The third-order valence-corrected chi connectivity index (χ3v) is 11.1. The third-order valence-electron chi connectivity index (χ3n) is 6.14. The Morgan fingerprint density at radius 3 is 2.00 bits per heavy atom. The van der Waals surface area contributed by atoms with Crippen molar-refractivity contribution in [3.05, 3.63) is 72.8 Å². The lowest BCUT2D eigenvalue weighted by Crippen LogP contribution is -2.67. The maximum absolute atomic E-state index is 9.24. The zero-order valence-corrected chi connectivity index (χ0v) is 20.4. The molecule has 2 unspecified atom stereocenters. The highest BCUT2D eigenvalue weighted by Gasteiger charge is 2.50. The topological polar surface area (TPSA) is 47.9 Å². The van der Waals surface area contributed by atoms with Gasteiger partial charge in [-0.15, -0.1) is 0 Å². The summed E-state index contributed by atoms with van der Waals surface area (Å²) in [4.78, 5) is 11.3. The normalized spacial score (nSPS) is 23.0. The molecule has 4 nitrogen and oxygen atoms in total. The molecule has 0 radical (unpaired) electrons. The van der Waals surface area contributed by atoms with E-state index in [2.05, 4.69) is 88.4 Å². The summed E-state index contributed by atoms with van der Waals surface area (Å²) in [6, 6.07) is 21.3. The minimum absolute atomic E-state index is 0.0569. The van der Waals surface area contributed by atoms with Gasteiger partial charge in [0.15, 0.2) is 0 Å². The van der Waals surface area contributed by atoms with E-state index in [1.54, 1.807) is 0 Å². The van der Waals surface area contributed by atoms with E-state index in [4.69, 9.17) is 14.2 Å². The molecule has 2 aromatic rings. The molecule has 1 heterocycles. The van der Waals surface area contributed by atoms with Gasteiger partial charge in [0, 0.05) is 25.6 Å². The van der Waals surface area contributed by atoms with Gasteiger partial charge in [-0.3, -0.25) is 0 Å². The van der Waals surface area contributed by atoms with Gasteiger partial charge in [-0.25, -0.2) is 9.78 Å². The van der Waals surface area contributed by atoms with Crippen LogP contribution in [0.2, 0.25) is 5.04 Å². The predicted octanol–water partition coefficient (Wildman–Crippen LogP) is 4.23. The summed E-state index contributed by atoms with van der Waals surface area (Å²) in [7, 11) is -2.57. The van der Waals surface area contributed by atoms with Gasteiger partial charge in [-0.05, 0) is 22.3 Å². The Balaban J connectivity index is 1.88. The third kappa shape index (κ3) is 5.18. The van der Waals surface area contributed by atoms with E-state index < -0.39 is 13.9 Å². The quantitative estimate of drug-likeness (QED) is 0.379. The smallest absolute Gasteiger partial charge is 0.261 e. The molecule has 5 heteroatoms. The lowest BCUT2D eigenvalue weighted by atomic mass is 9.97. The largest absolute Gasteiger partial charge is 0.407 e. The van der Waals surface area contributed by atoms with Crippen LogP contribution >= 0.6 is 0 Å². The van der Waals surface area contributed by atoms with Crippen molar-refractivity contribution in [2.75, 3.05) is 13.2 Å². The van der Waals surface area contributed by atoms with Crippen molar-refractivity contribution in [1.29, 1.82) is 0 Å². The number of rotatable bonds is 8. The number of benzene rings is 2. The summed E-state index contributed by atoms with van der Waals surface area (Å²) in [6.45, 7) is 11.5. The molecule has 0 amide bonds. The Labute approximate surface area is 187 Å². The molecule has 0 bridgehead atoms. The van der Waals surface area contributed by atoms with E-state index >= 15 is 0 Å². The zero-order valence-electron chi connectivity index (χ0n) is 19.4. The molecule has 1 N–H and O–H groups in total.